The van der Waals surface area contributed by atoms with Crippen molar-refractivity contribution in [3.63, 3.8) is 0 Å². The van der Waals surface area contributed by atoms with Gasteiger partial charge in [0, 0.05) is 6.20 Å². The Balaban J connectivity index is 2.05. The minimum atomic E-state index is 0.398. The molecule has 0 atom stereocenters. The van der Waals surface area contributed by atoms with Crippen molar-refractivity contribution >= 4 is 11.6 Å². The van der Waals surface area contributed by atoms with Crippen molar-refractivity contribution in [3.05, 3.63) is 58.9 Å². The Kier molecular flexibility index (Phi) is 3.42. The molecule has 0 spiro atoms. The number of hydrogen-bond acceptors (Lipinski definition) is 2. The lowest BCUT2D eigenvalue weighted by molar-refractivity contribution is 0.305. The van der Waals surface area contributed by atoms with E-state index in [1.165, 1.54) is 5.56 Å². The maximum absolute atomic E-state index is 5.89. The van der Waals surface area contributed by atoms with Crippen LogP contribution < -0.4 is 4.74 Å². The molecule has 0 fully saturated rings. The Hall–Kier alpha value is -1.54. The number of rotatable bonds is 3. The largest absolute Gasteiger partial charge is 0.486 e. The van der Waals surface area contributed by atoms with Crippen LogP contribution in [0.4, 0.5) is 0 Å². The molecule has 1 aromatic carbocycles. The quantitative estimate of drug-likeness (QED) is 0.756. The Labute approximate surface area is 99.9 Å². The van der Waals surface area contributed by atoms with Crippen molar-refractivity contribution in [2.24, 2.45) is 0 Å². The van der Waals surface area contributed by atoms with Gasteiger partial charge in [0.05, 0.1) is 0 Å². The maximum atomic E-state index is 5.89. The third-order valence-electron chi connectivity index (χ3n) is 2.20. The van der Waals surface area contributed by atoms with Crippen LogP contribution in [0.15, 0.2) is 42.6 Å². The SMILES string of the molecule is Cc1cccc(COc2cccnc2Cl)c1. The molecule has 2 rings (SSSR count). The molecule has 0 N–H and O–H groups in total. The van der Waals surface area contributed by atoms with Crippen molar-refractivity contribution in [2.45, 2.75) is 13.5 Å². The van der Waals surface area contributed by atoms with Crippen LogP contribution in [-0.2, 0) is 6.61 Å². The summed E-state index contributed by atoms with van der Waals surface area (Å²) in [5.74, 6) is 0.616. The lowest BCUT2D eigenvalue weighted by atomic mass is 10.1. The van der Waals surface area contributed by atoms with E-state index in [-0.39, 0.29) is 0 Å². The second kappa shape index (κ2) is 4.99. The third-order valence-corrected chi connectivity index (χ3v) is 2.49. The van der Waals surface area contributed by atoms with Gasteiger partial charge < -0.3 is 4.74 Å². The summed E-state index contributed by atoms with van der Waals surface area (Å²) in [6.45, 7) is 2.56. The summed E-state index contributed by atoms with van der Waals surface area (Å²) < 4.78 is 5.58. The van der Waals surface area contributed by atoms with Crippen LogP contribution in [0.25, 0.3) is 0 Å². The van der Waals surface area contributed by atoms with E-state index in [0.717, 1.165) is 5.56 Å². The highest BCUT2D eigenvalue weighted by Gasteiger charge is 2.01. The molecule has 16 heavy (non-hydrogen) atoms. The van der Waals surface area contributed by atoms with Crippen LogP contribution in [-0.4, -0.2) is 4.98 Å². The fourth-order valence-electron chi connectivity index (χ4n) is 1.44. The molecule has 0 radical (unpaired) electrons. The first-order valence-corrected chi connectivity index (χ1v) is 5.42. The average Bonchev–Trinajstić information content (AvgIpc) is 2.28. The molecule has 0 aliphatic heterocycles. The molecule has 0 saturated heterocycles. The number of aromatic nitrogens is 1. The first-order valence-electron chi connectivity index (χ1n) is 5.04. The van der Waals surface area contributed by atoms with Gasteiger partial charge in [-0.3, -0.25) is 0 Å². The Morgan fingerprint density at radius 1 is 1.25 bits per heavy atom. The summed E-state index contributed by atoms with van der Waals surface area (Å²) in [6, 6.07) is 11.8. The fraction of sp³-hybridized carbons (Fsp3) is 0.154. The summed E-state index contributed by atoms with van der Waals surface area (Å²) >= 11 is 5.89. The van der Waals surface area contributed by atoms with E-state index in [2.05, 4.69) is 24.0 Å². The second-order valence-corrected chi connectivity index (χ2v) is 3.93. The van der Waals surface area contributed by atoms with Crippen LogP contribution in [0.5, 0.6) is 5.75 Å². The van der Waals surface area contributed by atoms with Gasteiger partial charge >= 0.3 is 0 Å². The topological polar surface area (TPSA) is 22.1 Å². The van der Waals surface area contributed by atoms with Gasteiger partial charge in [0.1, 0.15) is 6.61 Å². The third kappa shape index (κ3) is 2.74. The van der Waals surface area contributed by atoms with Crippen LogP contribution in [0.3, 0.4) is 0 Å². The van der Waals surface area contributed by atoms with Crippen LogP contribution in [0.1, 0.15) is 11.1 Å². The van der Waals surface area contributed by atoms with Gasteiger partial charge in [-0.25, -0.2) is 4.98 Å². The highest BCUT2D eigenvalue weighted by atomic mass is 35.5. The van der Waals surface area contributed by atoms with Crippen molar-refractivity contribution in [2.75, 3.05) is 0 Å². The van der Waals surface area contributed by atoms with Gasteiger partial charge in [0.2, 0.25) is 0 Å². The molecular weight excluding hydrogens is 222 g/mol. The molecule has 3 heteroatoms. The summed E-state index contributed by atoms with van der Waals surface area (Å²) in [4.78, 5) is 3.95. The highest BCUT2D eigenvalue weighted by molar-refractivity contribution is 6.30. The van der Waals surface area contributed by atoms with Gasteiger partial charge in [-0.15, -0.1) is 0 Å². The Morgan fingerprint density at radius 3 is 2.88 bits per heavy atom. The lowest BCUT2D eigenvalue weighted by Crippen LogP contribution is -1.96. The predicted octanol–water partition coefficient (Wildman–Crippen LogP) is 3.62. The van der Waals surface area contributed by atoms with E-state index >= 15 is 0 Å². The normalized spacial score (nSPS) is 10.1. The summed E-state index contributed by atoms with van der Waals surface area (Å²) in [5, 5.41) is 0.398. The highest BCUT2D eigenvalue weighted by Crippen LogP contribution is 2.21. The standard InChI is InChI=1S/C13H12ClNO/c1-10-4-2-5-11(8-10)9-16-12-6-3-7-15-13(12)14/h2-8H,9H2,1H3. The van der Waals surface area contributed by atoms with Gasteiger partial charge in [-0.1, -0.05) is 41.4 Å². The van der Waals surface area contributed by atoms with Crippen molar-refractivity contribution in [1.82, 2.24) is 4.98 Å². The molecule has 0 saturated carbocycles. The molecule has 0 aliphatic rings. The first-order chi connectivity index (χ1) is 7.75. The van der Waals surface area contributed by atoms with Gasteiger partial charge in [0.25, 0.3) is 0 Å². The van der Waals surface area contributed by atoms with Gasteiger partial charge in [0.15, 0.2) is 10.9 Å². The molecule has 1 heterocycles. The first kappa shape index (κ1) is 11.0. The molecular formula is C13H12ClNO. The number of halogens is 1. The van der Waals surface area contributed by atoms with Crippen LogP contribution in [0.2, 0.25) is 5.15 Å². The molecule has 0 amide bonds. The van der Waals surface area contributed by atoms with Gasteiger partial charge in [-0.05, 0) is 24.6 Å². The number of nitrogens with zero attached hydrogens (tertiary/aromatic N) is 1. The van der Waals surface area contributed by atoms with E-state index in [1.807, 2.05) is 18.2 Å². The zero-order valence-corrected chi connectivity index (χ0v) is 9.74. The average molecular weight is 234 g/mol. The summed E-state index contributed by atoms with van der Waals surface area (Å²) in [7, 11) is 0. The van der Waals surface area contributed by atoms with E-state index in [4.69, 9.17) is 16.3 Å². The van der Waals surface area contributed by atoms with Crippen LogP contribution >= 0.6 is 11.6 Å². The number of pyridine rings is 1. The summed E-state index contributed by atoms with van der Waals surface area (Å²) in [6.07, 6.45) is 1.64. The fourth-order valence-corrected chi connectivity index (χ4v) is 1.62. The smallest absolute Gasteiger partial charge is 0.171 e. The number of hydrogen-bond donors (Lipinski definition) is 0. The number of aryl methyl sites for hydroxylation is 1. The molecule has 2 aromatic rings. The van der Waals surface area contributed by atoms with Gasteiger partial charge in [-0.2, -0.15) is 0 Å². The van der Waals surface area contributed by atoms with Crippen molar-refractivity contribution in [3.8, 4) is 5.75 Å². The Bertz CT molecular complexity index is 485. The van der Waals surface area contributed by atoms with Crippen LogP contribution in [0, 0.1) is 6.92 Å². The maximum Gasteiger partial charge on any atom is 0.171 e. The lowest BCUT2D eigenvalue weighted by Gasteiger charge is -2.07. The molecule has 2 nitrogen and oxygen atoms in total. The zero-order chi connectivity index (χ0) is 11.4. The molecule has 0 bridgehead atoms. The number of benzene rings is 1. The van der Waals surface area contributed by atoms with E-state index in [9.17, 15) is 0 Å². The Morgan fingerprint density at radius 2 is 2.12 bits per heavy atom. The molecule has 0 unspecified atom stereocenters. The van der Waals surface area contributed by atoms with E-state index in [1.54, 1.807) is 12.3 Å². The number of ether oxygens (including phenoxy) is 1. The monoisotopic (exact) mass is 233 g/mol. The van der Waals surface area contributed by atoms with E-state index in [0.29, 0.717) is 17.5 Å². The minimum Gasteiger partial charge on any atom is -0.486 e. The van der Waals surface area contributed by atoms with Crippen molar-refractivity contribution in [1.29, 1.82) is 0 Å². The second-order valence-electron chi connectivity index (χ2n) is 3.57. The molecule has 1 aromatic heterocycles. The predicted molar refractivity (Wildman–Crippen MR) is 64.8 cm³/mol. The zero-order valence-electron chi connectivity index (χ0n) is 8.98. The summed E-state index contributed by atoms with van der Waals surface area (Å²) in [5.41, 5.74) is 2.35. The van der Waals surface area contributed by atoms with E-state index < -0.39 is 0 Å². The van der Waals surface area contributed by atoms with Crippen molar-refractivity contribution < 1.29 is 4.74 Å². The molecule has 0 aliphatic carbocycles. The molecule has 82 valence electrons. The minimum absolute atomic E-state index is 0.398.